The van der Waals surface area contributed by atoms with Crippen LogP contribution in [0.15, 0.2) is 35.0 Å². The molecule has 3 rings (SSSR count). The molecular weight excluding hydrogens is 276 g/mol. The molecule has 0 fully saturated rings. The third kappa shape index (κ3) is 2.68. The topological polar surface area (TPSA) is 138 Å². The number of nitrogens with zero attached hydrogens (tertiary/aromatic N) is 6. The van der Waals surface area contributed by atoms with Gasteiger partial charge in [-0.05, 0) is 32.9 Å². The molecule has 0 aliphatic carbocycles. The van der Waals surface area contributed by atoms with Gasteiger partial charge in [0.25, 0.3) is 0 Å². The summed E-state index contributed by atoms with van der Waals surface area (Å²) in [6.07, 6.45) is 0. The van der Waals surface area contributed by atoms with E-state index in [-0.39, 0.29) is 29.8 Å². The Labute approximate surface area is 117 Å². The molecule has 1 amide bonds. The minimum Gasteiger partial charge on any atom is -0.379 e. The van der Waals surface area contributed by atoms with E-state index in [1.54, 1.807) is 12.1 Å². The first-order chi connectivity index (χ1) is 10.2. The molecule has 0 unspecified atom stereocenters. The Hall–Kier alpha value is -3.30. The lowest BCUT2D eigenvalue weighted by Gasteiger charge is -2.05. The fourth-order valence-corrected chi connectivity index (χ4v) is 1.69. The summed E-state index contributed by atoms with van der Waals surface area (Å²) in [5.41, 5.74) is 6.45. The fraction of sp³-hybridized carbons (Fsp3) is 0.0909. The van der Waals surface area contributed by atoms with Crippen molar-refractivity contribution >= 4 is 17.4 Å². The normalized spacial score (nSPS) is 10.5. The number of carbonyl (C=O) groups excluding carboxylic acids is 1. The number of nitrogens with one attached hydrogen (secondary N) is 1. The van der Waals surface area contributed by atoms with Gasteiger partial charge in [0.2, 0.25) is 11.7 Å². The summed E-state index contributed by atoms with van der Waals surface area (Å²) in [4.78, 5) is 12.0. The molecular formula is C11H10N8O2. The number of benzene rings is 1. The van der Waals surface area contributed by atoms with E-state index in [2.05, 4.69) is 35.8 Å². The SMILES string of the molecule is Nc1nonc1-c1nnnn1CC(=O)Nc1ccccc1. The largest absolute Gasteiger partial charge is 0.379 e. The lowest BCUT2D eigenvalue weighted by atomic mass is 10.3. The molecule has 21 heavy (non-hydrogen) atoms. The maximum Gasteiger partial charge on any atom is 0.246 e. The number of tetrazole rings is 1. The standard InChI is InChI=1S/C11H10N8O2/c12-10-9(15-21-16-10)11-14-17-18-19(11)6-8(20)13-7-4-2-1-3-5-7/h1-5H,6H2,(H2,12,16)(H,13,20). The van der Waals surface area contributed by atoms with E-state index in [1.807, 2.05) is 18.2 Å². The molecule has 10 heteroatoms. The number of nitrogen functional groups attached to an aromatic ring is 1. The number of carbonyl (C=O) groups is 1. The van der Waals surface area contributed by atoms with Gasteiger partial charge in [0.1, 0.15) is 6.54 Å². The number of rotatable bonds is 4. The molecule has 0 spiro atoms. The summed E-state index contributed by atoms with van der Waals surface area (Å²) < 4.78 is 5.75. The molecule has 106 valence electrons. The van der Waals surface area contributed by atoms with Gasteiger partial charge < -0.3 is 11.1 Å². The van der Waals surface area contributed by atoms with E-state index in [0.29, 0.717) is 5.69 Å². The first kappa shape index (κ1) is 12.7. The van der Waals surface area contributed by atoms with Gasteiger partial charge in [0.15, 0.2) is 11.5 Å². The molecule has 10 nitrogen and oxygen atoms in total. The Bertz CT molecular complexity index is 750. The maximum atomic E-state index is 12.0. The summed E-state index contributed by atoms with van der Waals surface area (Å²) in [6, 6.07) is 9.05. The zero-order chi connectivity index (χ0) is 14.7. The highest BCUT2D eigenvalue weighted by Gasteiger charge is 2.18. The van der Waals surface area contributed by atoms with Crippen LogP contribution in [0.3, 0.4) is 0 Å². The van der Waals surface area contributed by atoms with Crippen LogP contribution < -0.4 is 11.1 Å². The van der Waals surface area contributed by atoms with Gasteiger partial charge in [-0.15, -0.1) is 5.10 Å². The highest BCUT2D eigenvalue weighted by atomic mass is 16.6. The minimum absolute atomic E-state index is 0.0505. The van der Waals surface area contributed by atoms with Gasteiger partial charge in [-0.2, -0.15) is 0 Å². The quantitative estimate of drug-likeness (QED) is 0.680. The van der Waals surface area contributed by atoms with Crippen molar-refractivity contribution < 1.29 is 9.42 Å². The lowest BCUT2D eigenvalue weighted by Crippen LogP contribution is -2.20. The molecule has 0 radical (unpaired) electrons. The highest BCUT2D eigenvalue weighted by molar-refractivity contribution is 5.90. The molecule has 0 aliphatic rings. The molecule has 3 aromatic rings. The lowest BCUT2D eigenvalue weighted by molar-refractivity contribution is -0.116. The van der Waals surface area contributed by atoms with Crippen molar-refractivity contribution in [2.75, 3.05) is 11.1 Å². The predicted octanol–water partition coefficient (Wildman–Crippen LogP) is -0.0560. The second-order valence-corrected chi connectivity index (χ2v) is 4.07. The van der Waals surface area contributed by atoms with Crippen LogP contribution in [0.2, 0.25) is 0 Å². The second kappa shape index (κ2) is 5.36. The zero-order valence-corrected chi connectivity index (χ0v) is 10.7. The monoisotopic (exact) mass is 286 g/mol. The molecule has 1 aromatic carbocycles. The maximum absolute atomic E-state index is 12.0. The van der Waals surface area contributed by atoms with Gasteiger partial charge in [0.05, 0.1) is 0 Å². The number of amides is 1. The smallest absolute Gasteiger partial charge is 0.246 e. The first-order valence-electron chi connectivity index (χ1n) is 5.93. The first-order valence-corrected chi connectivity index (χ1v) is 5.93. The van der Waals surface area contributed by atoms with Gasteiger partial charge in [-0.3, -0.25) is 4.79 Å². The van der Waals surface area contributed by atoms with Crippen LogP contribution in [0.25, 0.3) is 11.5 Å². The van der Waals surface area contributed by atoms with Gasteiger partial charge in [-0.1, -0.05) is 18.2 Å². The van der Waals surface area contributed by atoms with Crippen LogP contribution in [-0.2, 0) is 11.3 Å². The summed E-state index contributed by atoms with van der Waals surface area (Å²) >= 11 is 0. The molecule has 0 saturated carbocycles. The Morgan fingerprint density at radius 2 is 2.10 bits per heavy atom. The summed E-state index contributed by atoms with van der Waals surface area (Å²) in [6.45, 7) is -0.0937. The Kier molecular flexibility index (Phi) is 3.25. The van der Waals surface area contributed by atoms with Gasteiger partial charge >= 0.3 is 0 Å². The van der Waals surface area contributed by atoms with Gasteiger partial charge in [0, 0.05) is 5.69 Å². The van der Waals surface area contributed by atoms with Crippen LogP contribution in [0, 0.1) is 0 Å². The van der Waals surface area contributed by atoms with Crippen molar-refractivity contribution in [3.05, 3.63) is 30.3 Å². The molecule has 2 aromatic heterocycles. The molecule has 0 bridgehead atoms. The molecule has 0 atom stereocenters. The Morgan fingerprint density at radius 3 is 2.81 bits per heavy atom. The van der Waals surface area contributed by atoms with Crippen molar-refractivity contribution in [3.63, 3.8) is 0 Å². The van der Waals surface area contributed by atoms with E-state index in [0.717, 1.165) is 0 Å². The number of nitrogens with two attached hydrogens (primary N) is 1. The van der Waals surface area contributed by atoms with E-state index in [1.165, 1.54) is 4.68 Å². The molecule has 3 N–H and O–H groups in total. The average Bonchev–Trinajstić information content (AvgIpc) is 3.08. The molecule has 2 heterocycles. The third-order valence-corrected chi connectivity index (χ3v) is 2.61. The van der Waals surface area contributed by atoms with Crippen LogP contribution in [0.4, 0.5) is 11.5 Å². The summed E-state index contributed by atoms with van der Waals surface area (Å²) in [5, 5.41) is 20.7. The fourth-order valence-electron chi connectivity index (χ4n) is 1.69. The van der Waals surface area contributed by atoms with E-state index < -0.39 is 0 Å². The van der Waals surface area contributed by atoms with Crippen molar-refractivity contribution in [1.29, 1.82) is 0 Å². The predicted molar refractivity (Wildman–Crippen MR) is 70.6 cm³/mol. The van der Waals surface area contributed by atoms with E-state index in [9.17, 15) is 4.79 Å². The number of hydrogen-bond donors (Lipinski definition) is 2. The number of aromatic nitrogens is 6. The molecule has 0 saturated heterocycles. The van der Waals surface area contributed by atoms with Crippen LogP contribution in [-0.4, -0.2) is 36.4 Å². The molecule has 0 aliphatic heterocycles. The zero-order valence-electron chi connectivity index (χ0n) is 10.7. The second-order valence-electron chi connectivity index (χ2n) is 4.07. The highest BCUT2D eigenvalue weighted by Crippen LogP contribution is 2.18. The summed E-state index contributed by atoms with van der Waals surface area (Å²) in [7, 11) is 0. The van der Waals surface area contributed by atoms with Crippen LogP contribution >= 0.6 is 0 Å². The Morgan fingerprint density at radius 1 is 1.29 bits per heavy atom. The van der Waals surface area contributed by atoms with E-state index >= 15 is 0 Å². The van der Waals surface area contributed by atoms with Crippen molar-refractivity contribution in [3.8, 4) is 11.5 Å². The Balaban J connectivity index is 1.76. The van der Waals surface area contributed by atoms with Gasteiger partial charge in [-0.25, -0.2) is 9.31 Å². The average molecular weight is 286 g/mol. The van der Waals surface area contributed by atoms with Crippen LogP contribution in [0.1, 0.15) is 0 Å². The number of para-hydroxylation sites is 1. The van der Waals surface area contributed by atoms with E-state index in [4.69, 9.17) is 5.73 Å². The van der Waals surface area contributed by atoms with Crippen molar-refractivity contribution in [1.82, 2.24) is 30.5 Å². The van der Waals surface area contributed by atoms with Crippen molar-refractivity contribution in [2.45, 2.75) is 6.54 Å². The number of anilines is 2. The third-order valence-electron chi connectivity index (χ3n) is 2.61. The van der Waals surface area contributed by atoms with Crippen LogP contribution in [0.5, 0.6) is 0 Å². The minimum atomic E-state index is -0.287. The summed E-state index contributed by atoms with van der Waals surface area (Å²) in [5.74, 6) is -0.0312. The number of hydrogen-bond acceptors (Lipinski definition) is 8. The van der Waals surface area contributed by atoms with Crippen molar-refractivity contribution in [2.24, 2.45) is 0 Å².